The van der Waals surface area contributed by atoms with Gasteiger partial charge in [-0.05, 0) is 54.4 Å². The molecule has 0 amide bonds. The molecule has 0 saturated carbocycles. The molecule has 168 valence electrons. The second kappa shape index (κ2) is 9.56. The van der Waals surface area contributed by atoms with E-state index in [1.54, 1.807) is 0 Å². The highest BCUT2D eigenvalue weighted by Gasteiger charge is 2.31. The Morgan fingerprint density at radius 2 is 1.52 bits per heavy atom. The number of aromatic nitrogens is 2. The highest BCUT2D eigenvalue weighted by Crippen LogP contribution is 2.33. The molecule has 0 bridgehead atoms. The van der Waals surface area contributed by atoms with Crippen molar-refractivity contribution in [3.05, 3.63) is 99.9 Å². The molecule has 1 aromatic heterocycles. The maximum atomic E-state index is 6.27. The van der Waals surface area contributed by atoms with Crippen LogP contribution in [0.15, 0.2) is 77.2 Å². The van der Waals surface area contributed by atoms with Crippen LogP contribution in [0.2, 0.25) is 10.0 Å². The zero-order valence-electron chi connectivity index (χ0n) is 18.3. The molecule has 3 aromatic carbocycles. The molecule has 0 N–H and O–H groups in total. The zero-order chi connectivity index (χ0) is 22.8. The number of aryl methyl sites for hydroxylation is 1. The summed E-state index contributed by atoms with van der Waals surface area (Å²) in [6.45, 7) is 5.58. The molecule has 0 spiro atoms. The van der Waals surface area contributed by atoms with Crippen LogP contribution in [-0.4, -0.2) is 41.3 Å². The van der Waals surface area contributed by atoms with Crippen molar-refractivity contribution in [1.82, 2.24) is 15.1 Å². The first kappa shape index (κ1) is 22.0. The number of nitrogens with zero attached hydrogens (tertiary/aromatic N) is 4. The van der Waals surface area contributed by atoms with Crippen molar-refractivity contribution in [2.45, 2.75) is 13.0 Å². The normalized spacial score (nSPS) is 15.5. The molecule has 1 unspecified atom stereocenters. The predicted molar refractivity (Wildman–Crippen MR) is 133 cm³/mol. The van der Waals surface area contributed by atoms with Gasteiger partial charge in [0, 0.05) is 47.5 Å². The van der Waals surface area contributed by atoms with Gasteiger partial charge in [0.05, 0.1) is 0 Å². The third-order valence-corrected chi connectivity index (χ3v) is 6.56. The lowest BCUT2D eigenvalue weighted by Gasteiger charge is -2.39. The van der Waals surface area contributed by atoms with E-state index in [9.17, 15) is 0 Å². The van der Waals surface area contributed by atoms with E-state index < -0.39 is 0 Å². The van der Waals surface area contributed by atoms with Crippen molar-refractivity contribution in [2.75, 3.05) is 31.1 Å². The quantitative estimate of drug-likeness (QED) is 0.338. The fourth-order valence-corrected chi connectivity index (χ4v) is 4.63. The van der Waals surface area contributed by atoms with E-state index in [1.807, 2.05) is 66.7 Å². The van der Waals surface area contributed by atoms with Gasteiger partial charge in [-0.15, -0.1) is 10.2 Å². The summed E-state index contributed by atoms with van der Waals surface area (Å²) in [5.41, 5.74) is 4.41. The lowest BCUT2D eigenvalue weighted by molar-refractivity contribution is 0.188. The van der Waals surface area contributed by atoms with E-state index >= 15 is 0 Å². The van der Waals surface area contributed by atoms with Gasteiger partial charge in [0.25, 0.3) is 0 Å². The monoisotopic (exact) mass is 478 g/mol. The Balaban J connectivity index is 1.42. The lowest BCUT2D eigenvalue weighted by Crippen LogP contribution is -2.48. The fourth-order valence-electron chi connectivity index (χ4n) is 4.34. The van der Waals surface area contributed by atoms with E-state index in [0.29, 0.717) is 16.8 Å². The maximum absolute atomic E-state index is 6.27. The van der Waals surface area contributed by atoms with Gasteiger partial charge in [0.1, 0.15) is 6.04 Å². The average molecular weight is 479 g/mol. The first-order valence-corrected chi connectivity index (χ1v) is 11.7. The molecule has 1 aliphatic heterocycles. The summed E-state index contributed by atoms with van der Waals surface area (Å²) in [5, 5.41) is 10.2. The van der Waals surface area contributed by atoms with Gasteiger partial charge in [0.2, 0.25) is 11.8 Å². The van der Waals surface area contributed by atoms with Crippen molar-refractivity contribution in [3.63, 3.8) is 0 Å². The Kier molecular flexibility index (Phi) is 6.36. The molecule has 4 aromatic rings. The average Bonchev–Trinajstić information content (AvgIpc) is 3.33. The largest absolute Gasteiger partial charge is 0.419 e. The SMILES string of the molecule is Cc1ccc(Cl)cc1N1CCN(C(c2ccc(Cl)cc2)c2nnc(-c3ccccc3)o2)CC1. The minimum atomic E-state index is -0.144. The smallest absolute Gasteiger partial charge is 0.247 e. The van der Waals surface area contributed by atoms with Gasteiger partial charge in [-0.2, -0.15) is 0 Å². The number of rotatable bonds is 5. The second-order valence-corrected chi connectivity index (χ2v) is 9.09. The molecule has 7 heteroatoms. The van der Waals surface area contributed by atoms with Crippen LogP contribution in [0.4, 0.5) is 5.69 Å². The summed E-state index contributed by atoms with van der Waals surface area (Å²) < 4.78 is 6.19. The van der Waals surface area contributed by atoms with E-state index in [1.165, 1.54) is 11.3 Å². The summed E-state index contributed by atoms with van der Waals surface area (Å²) in [6, 6.07) is 23.6. The Morgan fingerprint density at radius 3 is 2.24 bits per heavy atom. The number of halogens is 2. The van der Waals surface area contributed by atoms with Crippen molar-refractivity contribution in [1.29, 1.82) is 0 Å². The van der Waals surface area contributed by atoms with Crippen LogP contribution in [0.3, 0.4) is 0 Å². The molecule has 33 heavy (non-hydrogen) atoms. The third-order valence-electron chi connectivity index (χ3n) is 6.07. The van der Waals surface area contributed by atoms with Crippen molar-refractivity contribution < 1.29 is 4.42 Å². The molecule has 1 saturated heterocycles. The van der Waals surface area contributed by atoms with Crippen LogP contribution in [-0.2, 0) is 0 Å². The fraction of sp³-hybridized carbons (Fsp3) is 0.231. The second-order valence-electron chi connectivity index (χ2n) is 8.22. The molecule has 2 heterocycles. The topological polar surface area (TPSA) is 45.4 Å². The van der Waals surface area contributed by atoms with Gasteiger partial charge in [-0.25, -0.2) is 0 Å². The zero-order valence-corrected chi connectivity index (χ0v) is 19.8. The summed E-state index contributed by atoms with van der Waals surface area (Å²) in [5.74, 6) is 1.11. The van der Waals surface area contributed by atoms with Crippen LogP contribution in [0.25, 0.3) is 11.5 Å². The summed E-state index contributed by atoms with van der Waals surface area (Å²) in [7, 11) is 0. The minimum absolute atomic E-state index is 0.144. The number of piperazine rings is 1. The lowest BCUT2D eigenvalue weighted by atomic mass is 10.0. The van der Waals surface area contributed by atoms with Crippen LogP contribution >= 0.6 is 23.2 Å². The molecule has 0 aliphatic carbocycles. The summed E-state index contributed by atoms with van der Waals surface area (Å²) in [4.78, 5) is 4.78. The third kappa shape index (κ3) is 4.76. The maximum Gasteiger partial charge on any atom is 0.247 e. The summed E-state index contributed by atoms with van der Waals surface area (Å²) in [6.07, 6.45) is 0. The highest BCUT2D eigenvalue weighted by atomic mass is 35.5. The molecule has 1 atom stereocenters. The molecule has 0 radical (unpaired) electrons. The standard InChI is InChI=1S/C26H24Cl2N4O/c1-18-7-10-22(28)17-23(18)31-13-15-32(16-14-31)24(19-8-11-21(27)12-9-19)26-30-29-25(33-26)20-5-3-2-4-6-20/h2-12,17,24H,13-16H2,1H3. The molecular formula is C26H24Cl2N4O. The molecule has 1 aliphatic rings. The van der Waals surface area contributed by atoms with E-state index in [2.05, 4.69) is 33.0 Å². The first-order valence-electron chi connectivity index (χ1n) is 11.0. The van der Waals surface area contributed by atoms with Crippen molar-refractivity contribution in [3.8, 4) is 11.5 Å². The van der Waals surface area contributed by atoms with E-state index in [-0.39, 0.29) is 6.04 Å². The van der Waals surface area contributed by atoms with Crippen LogP contribution in [0.5, 0.6) is 0 Å². The van der Waals surface area contributed by atoms with Crippen molar-refractivity contribution in [2.24, 2.45) is 0 Å². The minimum Gasteiger partial charge on any atom is -0.419 e. The van der Waals surface area contributed by atoms with E-state index in [4.69, 9.17) is 27.6 Å². The van der Waals surface area contributed by atoms with Gasteiger partial charge in [-0.1, -0.05) is 59.6 Å². The van der Waals surface area contributed by atoms with Crippen LogP contribution < -0.4 is 4.90 Å². The first-order chi connectivity index (χ1) is 16.1. The Labute approximate surface area is 203 Å². The summed E-state index contributed by atoms with van der Waals surface area (Å²) >= 11 is 12.4. The Hall–Kier alpha value is -2.86. The number of hydrogen-bond donors (Lipinski definition) is 0. The Morgan fingerprint density at radius 1 is 0.818 bits per heavy atom. The van der Waals surface area contributed by atoms with Crippen LogP contribution in [0, 0.1) is 6.92 Å². The molecule has 1 fully saturated rings. The number of benzene rings is 3. The predicted octanol–water partition coefficient (Wildman–Crippen LogP) is 6.26. The highest BCUT2D eigenvalue weighted by molar-refractivity contribution is 6.31. The van der Waals surface area contributed by atoms with E-state index in [0.717, 1.165) is 42.3 Å². The van der Waals surface area contributed by atoms with Gasteiger partial charge < -0.3 is 9.32 Å². The molecule has 5 nitrogen and oxygen atoms in total. The van der Waals surface area contributed by atoms with Gasteiger partial charge >= 0.3 is 0 Å². The number of anilines is 1. The molecule has 5 rings (SSSR count). The number of hydrogen-bond acceptors (Lipinski definition) is 5. The van der Waals surface area contributed by atoms with Gasteiger partial charge in [0.15, 0.2) is 0 Å². The van der Waals surface area contributed by atoms with Crippen LogP contribution in [0.1, 0.15) is 23.1 Å². The molecular weight excluding hydrogens is 455 g/mol. The van der Waals surface area contributed by atoms with Gasteiger partial charge in [-0.3, -0.25) is 4.90 Å². The Bertz CT molecular complexity index is 1220. The van der Waals surface area contributed by atoms with Crippen molar-refractivity contribution >= 4 is 28.9 Å².